The van der Waals surface area contributed by atoms with E-state index in [0.29, 0.717) is 6.42 Å². The number of hydrogen-bond donors (Lipinski definition) is 2. The molecular weight excluding hydrogens is 364 g/mol. The molecule has 3 aliphatic rings. The van der Waals surface area contributed by atoms with Crippen LogP contribution in [0.5, 0.6) is 0 Å². The standard InChI is InChI=1S/C19H26N4O5/c1-12-5-3-4-8-19(12)16(26)23(17(27)22-19)9-15(25)28-10-14(24)21-18(2,11-20)13-6-7-13/h12-13H,3-10H2,1-2H3,(H,21,24)(H,22,27)/t12-,18+,19-/m1/s1. The number of carbonyl (C=O) groups excluding carboxylic acids is 4. The van der Waals surface area contributed by atoms with E-state index in [-0.39, 0.29) is 11.8 Å². The van der Waals surface area contributed by atoms with Crippen molar-refractivity contribution in [3.63, 3.8) is 0 Å². The highest BCUT2D eigenvalue weighted by Crippen LogP contribution is 2.39. The molecule has 0 aromatic rings. The summed E-state index contributed by atoms with van der Waals surface area (Å²) < 4.78 is 4.92. The molecule has 4 amide bonds. The van der Waals surface area contributed by atoms with Gasteiger partial charge in [0.1, 0.15) is 17.6 Å². The van der Waals surface area contributed by atoms with E-state index in [1.165, 1.54) is 0 Å². The molecule has 2 N–H and O–H groups in total. The first-order valence-corrected chi connectivity index (χ1v) is 9.74. The fraction of sp³-hybridized carbons (Fsp3) is 0.737. The molecule has 152 valence electrons. The van der Waals surface area contributed by atoms with Crippen LogP contribution < -0.4 is 10.6 Å². The van der Waals surface area contributed by atoms with Crippen LogP contribution in [-0.4, -0.2) is 52.9 Å². The van der Waals surface area contributed by atoms with Crippen LogP contribution in [0.2, 0.25) is 0 Å². The molecule has 9 nitrogen and oxygen atoms in total. The maximum Gasteiger partial charge on any atom is 0.326 e. The normalized spacial score (nSPS) is 29.0. The van der Waals surface area contributed by atoms with Gasteiger partial charge >= 0.3 is 12.0 Å². The summed E-state index contributed by atoms with van der Waals surface area (Å²) in [4.78, 5) is 50.0. The zero-order valence-corrected chi connectivity index (χ0v) is 16.2. The van der Waals surface area contributed by atoms with E-state index in [9.17, 15) is 24.4 Å². The molecule has 0 bridgehead atoms. The van der Waals surface area contributed by atoms with Gasteiger partial charge < -0.3 is 15.4 Å². The second kappa shape index (κ2) is 7.41. The number of amides is 4. The van der Waals surface area contributed by atoms with Gasteiger partial charge in [0, 0.05) is 0 Å². The van der Waals surface area contributed by atoms with Crippen LogP contribution in [0.15, 0.2) is 0 Å². The highest BCUT2D eigenvalue weighted by molar-refractivity contribution is 6.09. The third kappa shape index (κ3) is 3.68. The van der Waals surface area contributed by atoms with Gasteiger partial charge in [0.2, 0.25) is 0 Å². The van der Waals surface area contributed by atoms with Crippen LogP contribution in [0.25, 0.3) is 0 Å². The van der Waals surface area contributed by atoms with Crippen molar-refractivity contribution in [2.75, 3.05) is 13.2 Å². The van der Waals surface area contributed by atoms with E-state index in [1.807, 2.05) is 6.92 Å². The lowest BCUT2D eigenvalue weighted by molar-refractivity contribution is -0.151. The predicted molar refractivity (Wildman–Crippen MR) is 96.5 cm³/mol. The van der Waals surface area contributed by atoms with E-state index in [1.54, 1.807) is 6.92 Å². The minimum Gasteiger partial charge on any atom is -0.454 e. The number of nitrogens with one attached hydrogen (secondary N) is 2. The molecule has 2 aliphatic carbocycles. The number of ether oxygens (including phenoxy) is 1. The number of urea groups is 1. The summed E-state index contributed by atoms with van der Waals surface area (Å²) >= 11 is 0. The molecule has 1 aliphatic heterocycles. The van der Waals surface area contributed by atoms with E-state index >= 15 is 0 Å². The summed E-state index contributed by atoms with van der Waals surface area (Å²) in [5.74, 6) is -1.73. The molecular formula is C19H26N4O5. The quantitative estimate of drug-likeness (QED) is 0.511. The van der Waals surface area contributed by atoms with Gasteiger partial charge in [-0.1, -0.05) is 19.8 Å². The van der Waals surface area contributed by atoms with Crippen LogP contribution >= 0.6 is 0 Å². The topological polar surface area (TPSA) is 129 Å². The number of nitriles is 1. The fourth-order valence-corrected chi connectivity index (χ4v) is 4.17. The molecule has 9 heteroatoms. The van der Waals surface area contributed by atoms with E-state index in [0.717, 1.165) is 37.0 Å². The Morgan fingerprint density at radius 3 is 2.68 bits per heavy atom. The van der Waals surface area contributed by atoms with Gasteiger partial charge in [-0.3, -0.25) is 19.3 Å². The van der Waals surface area contributed by atoms with Gasteiger partial charge in [0.15, 0.2) is 6.61 Å². The van der Waals surface area contributed by atoms with E-state index in [4.69, 9.17) is 4.74 Å². The lowest BCUT2D eigenvalue weighted by Crippen LogP contribution is -2.54. The number of nitrogens with zero attached hydrogens (tertiary/aromatic N) is 2. The summed E-state index contributed by atoms with van der Waals surface area (Å²) in [6.07, 6.45) is 4.98. The average Bonchev–Trinajstić information content (AvgIpc) is 3.48. The van der Waals surface area contributed by atoms with Crippen LogP contribution in [-0.2, 0) is 19.1 Å². The van der Waals surface area contributed by atoms with E-state index in [2.05, 4.69) is 16.7 Å². The number of hydrogen-bond acceptors (Lipinski definition) is 6. The van der Waals surface area contributed by atoms with Crippen molar-refractivity contribution in [2.24, 2.45) is 11.8 Å². The third-order valence-electron chi connectivity index (χ3n) is 6.18. The molecule has 1 saturated heterocycles. The maximum absolute atomic E-state index is 12.8. The molecule has 3 rings (SSSR count). The second-order valence-electron chi connectivity index (χ2n) is 8.24. The Kier molecular flexibility index (Phi) is 5.33. The van der Waals surface area contributed by atoms with Crippen LogP contribution in [0, 0.1) is 23.2 Å². The zero-order valence-electron chi connectivity index (χ0n) is 16.2. The molecule has 0 radical (unpaired) electrons. The summed E-state index contributed by atoms with van der Waals surface area (Å²) in [5, 5.41) is 14.6. The number of imide groups is 1. The molecule has 28 heavy (non-hydrogen) atoms. The number of rotatable bonds is 6. The molecule has 0 aromatic carbocycles. The van der Waals surface area contributed by atoms with Crippen LogP contribution in [0.1, 0.15) is 52.4 Å². The van der Waals surface area contributed by atoms with Crippen LogP contribution in [0.3, 0.4) is 0 Å². The zero-order chi connectivity index (χ0) is 20.5. The molecule has 3 fully saturated rings. The summed E-state index contributed by atoms with van der Waals surface area (Å²) in [5.41, 5.74) is -1.91. The lowest BCUT2D eigenvalue weighted by atomic mass is 9.73. The largest absolute Gasteiger partial charge is 0.454 e. The Bertz CT molecular complexity index is 743. The third-order valence-corrected chi connectivity index (χ3v) is 6.18. The van der Waals surface area contributed by atoms with Crippen molar-refractivity contribution >= 4 is 23.8 Å². The Labute approximate surface area is 163 Å². The number of carbonyl (C=O) groups is 4. The van der Waals surface area contributed by atoms with Gasteiger partial charge in [-0.2, -0.15) is 5.26 Å². The molecule has 1 heterocycles. The average molecular weight is 390 g/mol. The number of esters is 1. The van der Waals surface area contributed by atoms with Gasteiger partial charge in [0.25, 0.3) is 11.8 Å². The molecule has 3 atom stereocenters. The molecule has 1 spiro atoms. The van der Waals surface area contributed by atoms with Crippen molar-refractivity contribution in [3.8, 4) is 6.07 Å². The highest BCUT2D eigenvalue weighted by Gasteiger charge is 2.55. The van der Waals surface area contributed by atoms with Gasteiger partial charge in [-0.15, -0.1) is 0 Å². The maximum atomic E-state index is 12.8. The van der Waals surface area contributed by atoms with Crippen molar-refractivity contribution in [2.45, 2.75) is 63.5 Å². The molecule has 0 aromatic heterocycles. The molecule has 0 unspecified atom stereocenters. The Balaban J connectivity index is 1.52. The Morgan fingerprint density at radius 1 is 1.36 bits per heavy atom. The lowest BCUT2D eigenvalue weighted by Gasteiger charge is -2.36. The molecule has 2 saturated carbocycles. The first-order valence-electron chi connectivity index (χ1n) is 9.74. The van der Waals surface area contributed by atoms with Crippen LogP contribution in [0.4, 0.5) is 4.79 Å². The summed E-state index contributed by atoms with van der Waals surface area (Å²) in [6, 6.07) is 1.48. The minimum absolute atomic E-state index is 0.00409. The van der Waals surface area contributed by atoms with Gasteiger partial charge in [-0.05, 0) is 44.4 Å². The van der Waals surface area contributed by atoms with Crippen molar-refractivity contribution in [3.05, 3.63) is 0 Å². The van der Waals surface area contributed by atoms with Gasteiger partial charge in [0.05, 0.1) is 6.07 Å². The van der Waals surface area contributed by atoms with Crippen molar-refractivity contribution < 1.29 is 23.9 Å². The summed E-state index contributed by atoms with van der Waals surface area (Å²) in [6.45, 7) is 2.47. The monoisotopic (exact) mass is 390 g/mol. The Hall–Kier alpha value is -2.63. The summed E-state index contributed by atoms with van der Waals surface area (Å²) in [7, 11) is 0. The highest BCUT2D eigenvalue weighted by atomic mass is 16.5. The minimum atomic E-state index is -0.974. The Morgan fingerprint density at radius 2 is 2.07 bits per heavy atom. The first kappa shape index (κ1) is 20.1. The fourth-order valence-electron chi connectivity index (χ4n) is 4.17. The SMILES string of the molecule is C[C@@H]1CCCC[C@@]12NC(=O)N(CC(=O)OCC(=O)N[C@@](C)(C#N)C1CC1)C2=O. The van der Waals surface area contributed by atoms with Gasteiger partial charge in [-0.25, -0.2) is 4.79 Å². The van der Waals surface area contributed by atoms with Crippen molar-refractivity contribution in [1.29, 1.82) is 5.26 Å². The first-order chi connectivity index (χ1) is 13.2. The van der Waals surface area contributed by atoms with Crippen molar-refractivity contribution in [1.82, 2.24) is 15.5 Å². The second-order valence-corrected chi connectivity index (χ2v) is 8.24. The predicted octanol–water partition coefficient (Wildman–Crippen LogP) is 0.839. The van der Waals surface area contributed by atoms with E-state index < -0.39 is 48.0 Å². The smallest absolute Gasteiger partial charge is 0.326 e.